The van der Waals surface area contributed by atoms with Crippen LogP contribution in [0.5, 0.6) is 0 Å². The van der Waals surface area contributed by atoms with Crippen LogP contribution in [-0.4, -0.2) is 17.9 Å². The molecule has 2 aliphatic carbocycles. The van der Waals surface area contributed by atoms with Crippen LogP contribution in [0.25, 0.3) is 0 Å². The second-order valence-electron chi connectivity index (χ2n) is 8.36. The highest BCUT2D eigenvalue weighted by Gasteiger charge is 2.42. The summed E-state index contributed by atoms with van der Waals surface area (Å²) in [5.41, 5.74) is 3.15. The number of esters is 1. The van der Waals surface area contributed by atoms with Crippen molar-refractivity contribution >= 4 is 34.4 Å². The van der Waals surface area contributed by atoms with Crippen LogP contribution in [0.3, 0.4) is 0 Å². The number of hydrogen-bond donors (Lipinski definition) is 1. The molecule has 1 N–H and O–H groups in total. The maximum atomic E-state index is 13.4. The first-order valence-electron chi connectivity index (χ1n) is 10.6. The molecule has 3 heterocycles. The van der Waals surface area contributed by atoms with E-state index in [4.69, 9.17) is 4.74 Å². The third-order valence-electron chi connectivity index (χ3n) is 6.40. The van der Waals surface area contributed by atoms with Crippen molar-refractivity contribution in [1.29, 1.82) is 0 Å². The standard InChI is InChI=1S/C24H25NO3S2/c1-14-21(24(27)28-16-6-2-3-7-16)23(20-9-5-11-30-20)22-17(25-14)12-15(13-18(22)26)19-8-4-10-29-19/h4-5,8-11,15-16,23,25H,2-3,6-7,12-13H2,1H3/t15-,23-/m1/s1. The lowest BCUT2D eigenvalue weighted by Gasteiger charge is -2.36. The number of ketones is 1. The molecule has 2 atom stereocenters. The zero-order valence-electron chi connectivity index (χ0n) is 17.0. The molecule has 1 saturated carbocycles. The molecule has 0 aromatic carbocycles. The van der Waals surface area contributed by atoms with Crippen LogP contribution in [0, 0.1) is 0 Å². The summed E-state index contributed by atoms with van der Waals surface area (Å²) in [5, 5.41) is 7.51. The second kappa shape index (κ2) is 8.16. The topological polar surface area (TPSA) is 55.4 Å². The summed E-state index contributed by atoms with van der Waals surface area (Å²) in [6, 6.07) is 8.17. The fourth-order valence-electron chi connectivity index (χ4n) is 5.00. The normalized spacial score (nSPS) is 24.8. The SMILES string of the molecule is CC1=C(C(=O)OC2CCCC2)[C@@H](c2cccs2)C2=C(C[C@@H](c3cccs3)CC2=O)N1. The molecule has 3 aliphatic rings. The van der Waals surface area contributed by atoms with Crippen LogP contribution in [-0.2, 0) is 14.3 Å². The Kier molecular flexibility index (Phi) is 5.37. The number of thiophene rings is 2. The van der Waals surface area contributed by atoms with Crippen molar-refractivity contribution in [1.82, 2.24) is 5.32 Å². The van der Waals surface area contributed by atoms with E-state index in [0.29, 0.717) is 12.0 Å². The molecular formula is C24H25NO3S2. The van der Waals surface area contributed by atoms with Gasteiger partial charge in [0.25, 0.3) is 0 Å². The number of allylic oxidation sites excluding steroid dienone is 3. The van der Waals surface area contributed by atoms with Crippen molar-refractivity contribution in [3.05, 3.63) is 67.3 Å². The van der Waals surface area contributed by atoms with Crippen molar-refractivity contribution in [3.63, 3.8) is 0 Å². The molecule has 0 amide bonds. The Morgan fingerprint density at radius 2 is 1.77 bits per heavy atom. The van der Waals surface area contributed by atoms with Crippen LogP contribution in [0.15, 0.2) is 57.6 Å². The molecule has 0 saturated heterocycles. The molecule has 0 radical (unpaired) electrons. The first-order valence-corrected chi connectivity index (χ1v) is 12.4. The van der Waals surface area contributed by atoms with Crippen molar-refractivity contribution < 1.29 is 14.3 Å². The van der Waals surface area contributed by atoms with Gasteiger partial charge in [0.15, 0.2) is 5.78 Å². The quantitative estimate of drug-likeness (QED) is 0.625. The minimum absolute atomic E-state index is 0.00225. The van der Waals surface area contributed by atoms with Crippen LogP contribution >= 0.6 is 22.7 Å². The highest BCUT2D eigenvalue weighted by molar-refractivity contribution is 7.10. The number of carbonyl (C=O) groups is 2. The summed E-state index contributed by atoms with van der Waals surface area (Å²) in [5.74, 6) is -0.260. The Balaban J connectivity index is 1.51. The third kappa shape index (κ3) is 3.56. The number of hydrogen-bond acceptors (Lipinski definition) is 6. The van der Waals surface area contributed by atoms with Gasteiger partial charge in [-0.1, -0.05) is 12.1 Å². The zero-order valence-corrected chi connectivity index (χ0v) is 18.6. The molecule has 5 rings (SSSR count). The zero-order chi connectivity index (χ0) is 20.7. The molecule has 4 nitrogen and oxygen atoms in total. The molecule has 156 valence electrons. The van der Waals surface area contributed by atoms with E-state index in [1.54, 1.807) is 22.7 Å². The van der Waals surface area contributed by atoms with E-state index in [0.717, 1.165) is 53.9 Å². The van der Waals surface area contributed by atoms with E-state index >= 15 is 0 Å². The maximum absolute atomic E-state index is 13.4. The highest BCUT2D eigenvalue weighted by Crippen LogP contribution is 2.47. The summed E-state index contributed by atoms with van der Waals surface area (Å²) in [6.45, 7) is 1.94. The molecule has 1 fully saturated rings. The predicted molar refractivity (Wildman–Crippen MR) is 120 cm³/mol. The van der Waals surface area contributed by atoms with E-state index in [1.165, 1.54) is 4.88 Å². The van der Waals surface area contributed by atoms with Crippen molar-refractivity contribution in [3.8, 4) is 0 Å². The van der Waals surface area contributed by atoms with Crippen LogP contribution in [0.4, 0.5) is 0 Å². The number of Topliss-reactive ketones (excluding diaryl/α,β-unsaturated/α-hetero) is 1. The van der Waals surface area contributed by atoms with Crippen molar-refractivity contribution in [2.75, 3.05) is 0 Å². The van der Waals surface area contributed by atoms with Gasteiger partial charge in [0.1, 0.15) is 6.10 Å². The Hall–Kier alpha value is -2.18. The van der Waals surface area contributed by atoms with Crippen LogP contribution in [0.2, 0.25) is 0 Å². The average molecular weight is 440 g/mol. The molecule has 1 aliphatic heterocycles. The molecule has 30 heavy (non-hydrogen) atoms. The third-order valence-corrected chi connectivity index (χ3v) is 8.37. The Bertz CT molecular complexity index is 1010. The molecule has 6 heteroatoms. The molecule has 2 aromatic rings. The minimum atomic E-state index is -0.327. The lowest BCUT2D eigenvalue weighted by atomic mass is 9.74. The van der Waals surface area contributed by atoms with Gasteiger partial charge >= 0.3 is 5.97 Å². The van der Waals surface area contributed by atoms with E-state index in [1.807, 2.05) is 30.5 Å². The molecule has 0 spiro atoms. The molecule has 0 bridgehead atoms. The lowest BCUT2D eigenvalue weighted by Crippen LogP contribution is -2.36. The first-order chi connectivity index (χ1) is 14.6. The number of rotatable bonds is 4. The molecule has 2 aromatic heterocycles. The lowest BCUT2D eigenvalue weighted by molar-refractivity contribution is -0.144. The van der Waals surface area contributed by atoms with Gasteiger partial charge in [0, 0.05) is 39.1 Å². The summed E-state index contributed by atoms with van der Waals surface area (Å²) in [6.07, 6.45) is 5.39. The number of dihydropyridines is 1. The van der Waals surface area contributed by atoms with Gasteiger partial charge in [-0.3, -0.25) is 4.79 Å². The Morgan fingerprint density at radius 1 is 1.07 bits per heavy atom. The van der Waals surface area contributed by atoms with Crippen molar-refractivity contribution in [2.24, 2.45) is 0 Å². The average Bonchev–Trinajstić information content (AvgIpc) is 3.49. The van der Waals surface area contributed by atoms with Gasteiger partial charge in [0.05, 0.1) is 11.5 Å². The maximum Gasteiger partial charge on any atom is 0.337 e. The minimum Gasteiger partial charge on any atom is -0.459 e. The molecular weight excluding hydrogens is 414 g/mol. The number of nitrogens with one attached hydrogen (secondary N) is 1. The van der Waals surface area contributed by atoms with Gasteiger partial charge in [-0.15, -0.1) is 22.7 Å². The fourth-order valence-corrected chi connectivity index (χ4v) is 6.67. The van der Waals surface area contributed by atoms with Gasteiger partial charge < -0.3 is 10.1 Å². The highest BCUT2D eigenvalue weighted by atomic mass is 32.1. The van der Waals surface area contributed by atoms with E-state index < -0.39 is 0 Å². The first kappa shape index (κ1) is 19.8. The summed E-state index contributed by atoms with van der Waals surface area (Å²) in [7, 11) is 0. The number of carbonyl (C=O) groups excluding carboxylic acids is 2. The summed E-state index contributed by atoms with van der Waals surface area (Å²) < 4.78 is 5.88. The van der Waals surface area contributed by atoms with Gasteiger partial charge in [0.2, 0.25) is 0 Å². The molecule has 0 unspecified atom stereocenters. The van der Waals surface area contributed by atoms with Gasteiger partial charge in [-0.05, 0) is 61.9 Å². The van der Waals surface area contributed by atoms with Crippen LogP contribution in [0.1, 0.15) is 67.0 Å². The second-order valence-corrected chi connectivity index (χ2v) is 10.3. The monoisotopic (exact) mass is 439 g/mol. The van der Waals surface area contributed by atoms with E-state index in [2.05, 4.69) is 16.8 Å². The van der Waals surface area contributed by atoms with E-state index in [9.17, 15) is 9.59 Å². The van der Waals surface area contributed by atoms with E-state index in [-0.39, 0.29) is 29.7 Å². The Labute approximate surface area is 184 Å². The number of ether oxygens (including phenoxy) is 1. The Morgan fingerprint density at radius 3 is 2.43 bits per heavy atom. The summed E-state index contributed by atoms with van der Waals surface area (Å²) in [4.78, 5) is 28.9. The van der Waals surface area contributed by atoms with Gasteiger partial charge in [-0.25, -0.2) is 4.79 Å². The largest absolute Gasteiger partial charge is 0.459 e. The smallest absolute Gasteiger partial charge is 0.337 e. The van der Waals surface area contributed by atoms with Gasteiger partial charge in [-0.2, -0.15) is 0 Å². The fraction of sp³-hybridized carbons (Fsp3) is 0.417. The van der Waals surface area contributed by atoms with Crippen LogP contribution < -0.4 is 5.32 Å². The van der Waals surface area contributed by atoms with Crippen molar-refractivity contribution in [2.45, 2.75) is 63.4 Å². The summed E-state index contributed by atoms with van der Waals surface area (Å²) >= 11 is 3.30. The predicted octanol–water partition coefficient (Wildman–Crippen LogP) is 5.66.